The number of ether oxygens (including phenoxy) is 2. The van der Waals surface area contributed by atoms with Gasteiger partial charge in [0.1, 0.15) is 24.2 Å². The molecular formula is C29H39N3O6. The SMILES string of the molecule is CCN(C(=O)C(Cc1ccccc1)NC(=O)OC(C)(C)C)C(C(=O)NCC(=O)OC)c1cc(C)cc(C)c1. The zero-order valence-corrected chi connectivity index (χ0v) is 23.3. The molecule has 9 nitrogen and oxygen atoms in total. The number of esters is 1. The predicted molar refractivity (Wildman–Crippen MR) is 144 cm³/mol. The fourth-order valence-corrected chi connectivity index (χ4v) is 4.13. The van der Waals surface area contributed by atoms with E-state index in [1.807, 2.05) is 62.4 Å². The third kappa shape index (κ3) is 9.21. The molecule has 0 aromatic heterocycles. The Labute approximate surface area is 224 Å². The van der Waals surface area contributed by atoms with Crippen molar-refractivity contribution in [3.8, 4) is 0 Å². The summed E-state index contributed by atoms with van der Waals surface area (Å²) in [5.41, 5.74) is 2.50. The minimum atomic E-state index is -1.05. The first-order valence-electron chi connectivity index (χ1n) is 12.6. The molecule has 9 heteroatoms. The van der Waals surface area contributed by atoms with Crippen LogP contribution in [0.3, 0.4) is 0 Å². The van der Waals surface area contributed by atoms with Crippen molar-refractivity contribution in [2.24, 2.45) is 0 Å². The standard InChI is InChI=1S/C29H39N3O6/c1-8-32(25(26(34)30-18-24(33)37-7)22-15-19(2)14-20(3)16-22)27(35)23(17-21-12-10-9-11-13-21)31-28(36)38-29(4,5)6/h9-16,23,25H,8,17-18H2,1-7H3,(H,30,34)(H,31,36). The van der Waals surface area contributed by atoms with E-state index in [1.165, 1.54) is 12.0 Å². The Balaban J connectivity index is 2.49. The van der Waals surface area contributed by atoms with E-state index >= 15 is 0 Å². The van der Waals surface area contributed by atoms with E-state index in [0.717, 1.165) is 16.7 Å². The molecule has 3 amide bonds. The third-order valence-corrected chi connectivity index (χ3v) is 5.65. The summed E-state index contributed by atoms with van der Waals surface area (Å²) in [6.07, 6.45) is -0.542. The molecule has 0 aliphatic heterocycles. The number of hydrogen-bond acceptors (Lipinski definition) is 6. The number of benzene rings is 2. The highest BCUT2D eigenvalue weighted by atomic mass is 16.6. The van der Waals surface area contributed by atoms with Gasteiger partial charge in [-0.15, -0.1) is 0 Å². The average molecular weight is 526 g/mol. The Bertz CT molecular complexity index is 1110. The molecule has 0 heterocycles. The van der Waals surface area contributed by atoms with Gasteiger partial charge in [0.25, 0.3) is 0 Å². The number of amides is 3. The average Bonchev–Trinajstić information content (AvgIpc) is 2.83. The zero-order valence-electron chi connectivity index (χ0n) is 23.3. The lowest BCUT2D eigenvalue weighted by molar-refractivity contribution is -0.144. The molecule has 0 fully saturated rings. The summed E-state index contributed by atoms with van der Waals surface area (Å²) in [7, 11) is 1.23. The quantitative estimate of drug-likeness (QED) is 0.458. The van der Waals surface area contributed by atoms with Gasteiger partial charge in [0, 0.05) is 13.0 Å². The molecular weight excluding hydrogens is 486 g/mol. The summed E-state index contributed by atoms with van der Waals surface area (Å²) in [4.78, 5) is 53.4. The van der Waals surface area contributed by atoms with Crippen molar-refractivity contribution in [3.05, 3.63) is 70.8 Å². The fourth-order valence-electron chi connectivity index (χ4n) is 4.13. The van der Waals surface area contributed by atoms with Crippen LogP contribution in [0.4, 0.5) is 4.79 Å². The Hall–Kier alpha value is -3.88. The molecule has 2 aromatic rings. The molecule has 2 N–H and O–H groups in total. The van der Waals surface area contributed by atoms with E-state index in [9.17, 15) is 19.2 Å². The van der Waals surface area contributed by atoms with Gasteiger partial charge >= 0.3 is 12.1 Å². The minimum absolute atomic E-state index is 0.170. The molecule has 0 aliphatic carbocycles. The molecule has 38 heavy (non-hydrogen) atoms. The summed E-state index contributed by atoms with van der Waals surface area (Å²) in [6.45, 7) is 10.6. The molecule has 0 aliphatic rings. The number of carbonyl (C=O) groups excluding carboxylic acids is 4. The van der Waals surface area contributed by atoms with Gasteiger partial charge in [-0.3, -0.25) is 14.4 Å². The molecule has 0 saturated carbocycles. The van der Waals surface area contributed by atoms with E-state index in [2.05, 4.69) is 15.4 Å². The van der Waals surface area contributed by atoms with Crippen molar-refractivity contribution < 1.29 is 28.7 Å². The van der Waals surface area contributed by atoms with Gasteiger partial charge in [-0.1, -0.05) is 59.7 Å². The molecule has 2 aromatic carbocycles. The van der Waals surface area contributed by atoms with Crippen LogP contribution in [0.2, 0.25) is 0 Å². The van der Waals surface area contributed by atoms with E-state index in [1.54, 1.807) is 27.7 Å². The molecule has 0 radical (unpaired) electrons. The number of alkyl carbamates (subject to hydrolysis) is 1. The highest BCUT2D eigenvalue weighted by Crippen LogP contribution is 2.25. The highest BCUT2D eigenvalue weighted by molar-refractivity contribution is 5.93. The Kier molecular flexibility index (Phi) is 10.9. The van der Waals surface area contributed by atoms with Crippen LogP contribution in [0.5, 0.6) is 0 Å². The largest absolute Gasteiger partial charge is 0.468 e. The van der Waals surface area contributed by atoms with Gasteiger partial charge in [-0.2, -0.15) is 0 Å². The fraction of sp³-hybridized carbons (Fsp3) is 0.448. The number of aryl methyl sites for hydroxylation is 2. The van der Waals surface area contributed by atoms with Crippen molar-refractivity contribution in [1.29, 1.82) is 0 Å². The molecule has 2 unspecified atom stereocenters. The topological polar surface area (TPSA) is 114 Å². The maximum atomic E-state index is 14.0. The lowest BCUT2D eigenvalue weighted by Gasteiger charge is -2.34. The minimum Gasteiger partial charge on any atom is -0.468 e. The predicted octanol–water partition coefficient (Wildman–Crippen LogP) is 3.62. The van der Waals surface area contributed by atoms with Crippen molar-refractivity contribution in [1.82, 2.24) is 15.5 Å². The second-order valence-corrected chi connectivity index (χ2v) is 10.1. The van der Waals surface area contributed by atoms with Gasteiger partial charge in [0.15, 0.2) is 0 Å². The maximum Gasteiger partial charge on any atom is 0.408 e. The number of nitrogens with one attached hydrogen (secondary N) is 2. The zero-order chi connectivity index (χ0) is 28.5. The lowest BCUT2D eigenvalue weighted by Crippen LogP contribution is -2.54. The number of likely N-dealkylation sites (N-methyl/N-ethyl adjacent to an activating group) is 1. The first kappa shape index (κ1) is 30.3. The highest BCUT2D eigenvalue weighted by Gasteiger charge is 2.36. The van der Waals surface area contributed by atoms with Gasteiger partial charge in [0.2, 0.25) is 11.8 Å². The van der Waals surface area contributed by atoms with Gasteiger partial charge in [0.05, 0.1) is 7.11 Å². The van der Waals surface area contributed by atoms with E-state index in [0.29, 0.717) is 5.56 Å². The van der Waals surface area contributed by atoms with Crippen molar-refractivity contribution >= 4 is 23.9 Å². The Morgan fingerprint density at radius 1 is 0.974 bits per heavy atom. The van der Waals surface area contributed by atoms with Gasteiger partial charge < -0.3 is 25.0 Å². The number of carbonyl (C=O) groups is 4. The lowest BCUT2D eigenvalue weighted by atomic mass is 9.97. The van der Waals surface area contributed by atoms with Crippen LogP contribution in [0.1, 0.15) is 56.0 Å². The van der Waals surface area contributed by atoms with Gasteiger partial charge in [-0.25, -0.2) is 4.79 Å². The number of nitrogens with zero attached hydrogens (tertiary/aromatic N) is 1. The molecule has 0 spiro atoms. The van der Waals surface area contributed by atoms with Crippen molar-refractivity contribution in [2.75, 3.05) is 20.2 Å². The number of rotatable bonds is 10. The molecule has 0 bridgehead atoms. The summed E-state index contributed by atoms with van der Waals surface area (Å²) in [5, 5.41) is 5.29. The first-order chi connectivity index (χ1) is 17.8. The van der Waals surface area contributed by atoms with Gasteiger partial charge in [-0.05, 0) is 52.7 Å². The first-order valence-corrected chi connectivity index (χ1v) is 12.6. The Morgan fingerprint density at radius 3 is 2.11 bits per heavy atom. The van der Waals surface area contributed by atoms with E-state index in [-0.39, 0.29) is 19.5 Å². The van der Waals surface area contributed by atoms with Crippen LogP contribution < -0.4 is 10.6 Å². The third-order valence-electron chi connectivity index (χ3n) is 5.65. The van der Waals surface area contributed by atoms with Crippen molar-refractivity contribution in [3.63, 3.8) is 0 Å². The summed E-state index contributed by atoms with van der Waals surface area (Å²) >= 11 is 0. The van der Waals surface area contributed by atoms with Crippen LogP contribution in [0.15, 0.2) is 48.5 Å². The molecule has 2 rings (SSSR count). The van der Waals surface area contributed by atoms with E-state index < -0.39 is 41.6 Å². The van der Waals surface area contributed by atoms with Crippen LogP contribution in [-0.4, -0.2) is 60.6 Å². The van der Waals surface area contributed by atoms with Crippen LogP contribution in [-0.2, 0) is 30.3 Å². The smallest absolute Gasteiger partial charge is 0.408 e. The molecule has 2 atom stereocenters. The molecule has 206 valence electrons. The van der Waals surface area contributed by atoms with Crippen molar-refractivity contribution in [2.45, 2.75) is 65.6 Å². The summed E-state index contributed by atoms with van der Waals surface area (Å²) in [6, 6.07) is 12.9. The van der Waals surface area contributed by atoms with Crippen LogP contribution in [0.25, 0.3) is 0 Å². The maximum absolute atomic E-state index is 14.0. The van der Waals surface area contributed by atoms with Crippen LogP contribution in [0, 0.1) is 13.8 Å². The number of methoxy groups -OCH3 is 1. The summed E-state index contributed by atoms with van der Waals surface area (Å²) < 4.78 is 10.1. The normalized spacial score (nSPS) is 12.6. The molecule has 0 saturated heterocycles. The summed E-state index contributed by atoms with van der Waals surface area (Å²) in [5.74, 6) is -1.61. The van der Waals surface area contributed by atoms with E-state index in [4.69, 9.17) is 4.74 Å². The monoisotopic (exact) mass is 525 g/mol. The second kappa shape index (κ2) is 13.6. The Morgan fingerprint density at radius 2 is 1.58 bits per heavy atom. The van der Waals surface area contributed by atoms with Crippen LogP contribution >= 0.6 is 0 Å². The second-order valence-electron chi connectivity index (χ2n) is 10.1. The number of hydrogen-bond donors (Lipinski definition) is 2.